The largest absolute Gasteiger partial charge is 0.490 e. The van der Waals surface area contributed by atoms with Crippen molar-refractivity contribution < 1.29 is 31.8 Å². The predicted octanol–water partition coefficient (Wildman–Crippen LogP) is 8.77. The summed E-state index contributed by atoms with van der Waals surface area (Å²) in [4.78, 5) is 12.5. The Labute approximate surface area is 220 Å². The van der Waals surface area contributed by atoms with Gasteiger partial charge in [0.05, 0.1) is 12.2 Å². The van der Waals surface area contributed by atoms with E-state index >= 15 is 0 Å². The maximum Gasteiger partial charge on any atom is 0.343 e. The molecule has 0 heterocycles. The number of carbonyl (C=O) groups is 1. The molecule has 0 saturated heterocycles. The van der Waals surface area contributed by atoms with E-state index in [1.807, 2.05) is 0 Å². The molecule has 1 aliphatic rings. The molecule has 0 N–H and O–H groups in total. The maximum absolute atomic E-state index is 15.0. The summed E-state index contributed by atoms with van der Waals surface area (Å²) in [5.74, 6) is -5.56. The summed E-state index contributed by atoms with van der Waals surface area (Å²) >= 11 is 0. The van der Waals surface area contributed by atoms with E-state index in [-0.39, 0.29) is 29.4 Å². The summed E-state index contributed by atoms with van der Waals surface area (Å²) in [7, 11) is 0. The second-order valence-electron chi connectivity index (χ2n) is 9.72. The number of benzene rings is 3. The van der Waals surface area contributed by atoms with E-state index in [1.165, 1.54) is 30.3 Å². The molecule has 1 saturated carbocycles. The van der Waals surface area contributed by atoms with Crippen LogP contribution < -0.4 is 9.47 Å². The maximum atomic E-state index is 15.0. The summed E-state index contributed by atoms with van der Waals surface area (Å²) in [6.07, 6.45) is 6.62. The van der Waals surface area contributed by atoms with Crippen molar-refractivity contribution in [3.8, 4) is 22.6 Å². The molecule has 0 bridgehead atoms. The number of carbonyl (C=O) groups excluding carboxylic acids is 1. The molecule has 3 aromatic carbocycles. The van der Waals surface area contributed by atoms with E-state index in [2.05, 4.69) is 13.5 Å². The molecule has 0 unspecified atom stereocenters. The molecule has 0 atom stereocenters. The molecule has 0 amide bonds. The van der Waals surface area contributed by atoms with Crippen molar-refractivity contribution in [3.05, 3.63) is 95.6 Å². The molecule has 0 aliphatic heterocycles. The zero-order chi connectivity index (χ0) is 27.2. The van der Waals surface area contributed by atoms with Gasteiger partial charge in [0, 0.05) is 5.56 Å². The Morgan fingerprint density at radius 1 is 0.868 bits per heavy atom. The molecule has 1 aliphatic carbocycles. The summed E-state index contributed by atoms with van der Waals surface area (Å²) in [6, 6.07) is 11.1. The van der Waals surface area contributed by atoms with Crippen LogP contribution in [0.15, 0.2) is 61.2 Å². The van der Waals surface area contributed by atoms with E-state index in [0.717, 1.165) is 31.7 Å². The topological polar surface area (TPSA) is 35.5 Å². The van der Waals surface area contributed by atoms with E-state index in [1.54, 1.807) is 18.2 Å². The minimum absolute atomic E-state index is 0.00927. The zero-order valence-electron chi connectivity index (χ0n) is 21.2. The normalized spacial score (nSPS) is 17.2. The van der Waals surface area contributed by atoms with Crippen molar-refractivity contribution in [3.63, 3.8) is 0 Å². The molecule has 0 spiro atoms. The van der Waals surface area contributed by atoms with Crippen LogP contribution in [0.4, 0.5) is 17.6 Å². The van der Waals surface area contributed by atoms with Crippen molar-refractivity contribution >= 4 is 5.97 Å². The molecule has 7 heteroatoms. The second kappa shape index (κ2) is 12.3. The van der Waals surface area contributed by atoms with Crippen LogP contribution in [-0.2, 0) is 0 Å². The SMILES string of the molecule is C=CCCCOc1ccc(OC(=O)c2ccc(-c3ccc(C4CCC(C)CC4)c(F)c3F)cc2)c(F)c1F. The Balaban J connectivity index is 1.45. The first kappa shape index (κ1) is 27.4. The van der Waals surface area contributed by atoms with Gasteiger partial charge in [0.15, 0.2) is 23.1 Å². The zero-order valence-corrected chi connectivity index (χ0v) is 21.2. The first-order valence-corrected chi connectivity index (χ1v) is 12.8. The van der Waals surface area contributed by atoms with Gasteiger partial charge in [-0.15, -0.1) is 6.58 Å². The van der Waals surface area contributed by atoms with Gasteiger partial charge in [-0.05, 0) is 72.9 Å². The van der Waals surface area contributed by atoms with Crippen LogP contribution >= 0.6 is 0 Å². The van der Waals surface area contributed by atoms with E-state index in [4.69, 9.17) is 9.47 Å². The summed E-state index contributed by atoms with van der Waals surface area (Å²) in [5, 5.41) is 0. The van der Waals surface area contributed by atoms with Crippen molar-refractivity contribution in [1.82, 2.24) is 0 Å². The highest BCUT2D eigenvalue weighted by atomic mass is 19.2. The first-order chi connectivity index (χ1) is 18.3. The third-order valence-electron chi connectivity index (χ3n) is 7.02. The Bertz CT molecular complexity index is 1300. The molecule has 0 aromatic heterocycles. The number of esters is 1. The Morgan fingerprint density at radius 2 is 1.53 bits per heavy atom. The average molecular weight is 527 g/mol. The number of hydrogen-bond acceptors (Lipinski definition) is 3. The van der Waals surface area contributed by atoms with Crippen molar-refractivity contribution in [2.45, 2.75) is 51.4 Å². The van der Waals surface area contributed by atoms with Crippen molar-refractivity contribution in [1.29, 1.82) is 0 Å². The fourth-order valence-corrected chi connectivity index (χ4v) is 4.73. The number of unbranched alkanes of at least 4 members (excludes halogenated alkanes) is 1. The monoisotopic (exact) mass is 526 g/mol. The molecule has 1 fully saturated rings. The molecular formula is C31H30F4O3. The number of hydrogen-bond donors (Lipinski definition) is 0. The van der Waals surface area contributed by atoms with Gasteiger partial charge in [0.1, 0.15) is 0 Å². The third kappa shape index (κ3) is 6.09. The summed E-state index contributed by atoms with van der Waals surface area (Å²) < 4.78 is 69.0. The average Bonchev–Trinajstić information content (AvgIpc) is 2.92. The van der Waals surface area contributed by atoms with Gasteiger partial charge in [-0.1, -0.05) is 50.1 Å². The van der Waals surface area contributed by atoms with Crippen molar-refractivity contribution in [2.75, 3.05) is 6.61 Å². The molecule has 200 valence electrons. The van der Waals surface area contributed by atoms with Gasteiger partial charge in [0.25, 0.3) is 0 Å². The van der Waals surface area contributed by atoms with Crippen LogP contribution in [0.2, 0.25) is 0 Å². The summed E-state index contributed by atoms with van der Waals surface area (Å²) in [6.45, 7) is 5.93. The van der Waals surface area contributed by atoms with E-state index in [9.17, 15) is 22.4 Å². The van der Waals surface area contributed by atoms with Crippen LogP contribution in [0, 0.1) is 29.2 Å². The lowest BCUT2D eigenvalue weighted by molar-refractivity contribution is 0.0726. The number of rotatable bonds is 9. The highest BCUT2D eigenvalue weighted by Crippen LogP contribution is 2.38. The Morgan fingerprint density at radius 3 is 2.21 bits per heavy atom. The van der Waals surface area contributed by atoms with Crippen LogP contribution in [0.1, 0.15) is 67.3 Å². The number of halogens is 4. The molecule has 38 heavy (non-hydrogen) atoms. The quantitative estimate of drug-likeness (QED) is 0.0919. The first-order valence-electron chi connectivity index (χ1n) is 12.8. The number of ether oxygens (including phenoxy) is 2. The van der Waals surface area contributed by atoms with E-state index in [0.29, 0.717) is 29.9 Å². The van der Waals surface area contributed by atoms with Gasteiger partial charge in [-0.2, -0.15) is 8.78 Å². The Hall–Kier alpha value is -3.61. The van der Waals surface area contributed by atoms with Gasteiger partial charge < -0.3 is 9.47 Å². The minimum atomic E-state index is -1.35. The van der Waals surface area contributed by atoms with Gasteiger partial charge in [-0.3, -0.25) is 0 Å². The van der Waals surface area contributed by atoms with Crippen LogP contribution in [0.5, 0.6) is 11.5 Å². The smallest absolute Gasteiger partial charge is 0.343 e. The highest BCUT2D eigenvalue weighted by molar-refractivity contribution is 5.91. The molecular weight excluding hydrogens is 496 g/mol. The van der Waals surface area contributed by atoms with Gasteiger partial charge in [-0.25, -0.2) is 13.6 Å². The number of allylic oxidation sites excluding steroid dienone is 1. The minimum Gasteiger partial charge on any atom is -0.490 e. The van der Waals surface area contributed by atoms with Crippen molar-refractivity contribution in [2.24, 2.45) is 5.92 Å². The molecule has 3 nitrogen and oxygen atoms in total. The standard InChI is InChI=1S/C31H30F4O3/c1-3-4-5-18-37-25-16-17-26(30(35)29(25)34)38-31(36)22-12-10-21(11-13-22)24-15-14-23(27(32)28(24)33)20-8-6-19(2)7-9-20/h3,10-17,19-20H,1,4-9,18H2,2H3. The van der Waals surface area contributed by atoms with Gasteiger partial charge >= 0.3 is 5.97 Å². The fourth-order valence-electron chi connectivity index (χ4n) is 4.73. The lowest BCUT2D eigenvalue weighted by Gasteiger charge is -2.27. The molecule has 3 aromatic rings. The highest BCUT2D eigenvalue weighted by Gasteiger charge is 2.25. The van der Waals surface area contributed by atoms with E-state index < -0.39 is 35.0 Å². The van der Waals surface area contributed by atoms with Crippen LogP contribution in [0.3, 0.4) is 0 Å². The lowest BCUT2D eigenvalue weighted by Crippen LogP contribution is -2.13. The van der Waals surface area contributed by atoms with Gasteiger partial charge in [0.2, 0.25) is 11.6 Å². The second-order valence-corrected chi connectivity index (χ2v) is 9.72. The fraction of sp³-hybridized carbons (Fsp3) is 0.323. The predicted molar refractivity (Wildman–Crippen MR) is 138 cm³/mol. The Kier molecular flexibility index (Phi) is 8.87. The third-order valence-corrected chi connectivity index (χ3v) is 7.02. The molecule has 0 radical (unpaired) electrons. The summed E-state index contributed by atoms with van der Waals surface area (Å²) in [5.41, 5.74) is 0.886. The van der Waals surface area contributed by atoms with Crippen LogP contribution in [0.25, 0.3) is 11.1 Å². The van der Waals surface area contributed by atoms with Crippen LogP contribution in [-0.4, -0.2) is 12.6 Å². The lowest BCUT2D eigenvalue weighted by atomic mass is 9.79. The molecule has 4 rings (SSSR count).